The van der Waals surface area contributed by atoms with Crippen LogP contribution in [0.1, 0.15) is 29.3 Å². The molecule has 3 aromatic rings. The van der Waals surface area contributed by atoms with E-state index in [-0.39, 0.29) is 10.8 Å². The van der Waals surface area contributed by atoms with Gasteiger partial charge in [0.2, 0.25) is 0 Å². The van der Waals surface area contributed by atoms with Crippen molar-refractivity contribution in [3.8, 4) is 0 Å². The van der Waals surface area contributed by atoms with Gasteiger partial charge in [0.05, 0.1) is 16.3 Å². The summed E-state index contributed by atoms with van der Waals surface area (Å²) in [5.41, 5.74) is 2.85. The second kappa shape index (κ2) is 9.00. The van der Waals surface area contributed by atoms with Gasteiger partial charge in [-0.3, -0.25) is 9.10 Å². The Morgan fingerprint density at radius 2 is 1.75 bits per heavy atom. The van der Waals surface area contributed by atoms with Crippen molar-refractivity contribution in [1.29, 1.82) is 0 Å². The molecule has 166 valence electrons. The van der Waals surface area contributed by atoms with Crippen LogP contribution in [0.3, 0.4) is 0 Å². The number of fused-ring (bicyclic) bond motifs is 1. The van der Waals surface area contributed by atoms with Crippen LogP contribution in [-0.2, 0) is 10.0 Å². The van der Waals surface area contributed by atoms with E-state index in [1.54, 1.807) is 40.9 Å². The number of nitrogens with zero attached hydrogens (tertiary/aromatic N) is 2. The lowest BCUT2D eigenvalue weighted by Crippen LogP contribution is -2.32. The number of para-hydroxylation sites is 1. The molecule has 0 spiro atoms. The molecule has 32 heavy (non-hydrogen) atoms. The number of hydrogen-bond donors (Lipinski definition) is 0. The minimum atomic E-state index is -3.81. The minimum Gasteiger partial charge on any atom is -0.307 e. The predicted octanol–water partition coefficient (Wildman–Crippen LogP) is 5.35. The van der Waals surface area contributed by atoms with Gasteiger partial charge in [-0.25, -0.2) is 8.42 Å². The lowest BCUT2D eigenvalue weighted by molar-refractivity contribution is 0.0986. The van der Waals surface area contributed by atoms with E-state index in [4.69, 9.17) is 0 Å². The number of aryl methyl sites for hydroxylation is 1. The summed E-state index contributed by atoms with van der Waals surface area (Å²) >= 11 is 1.76. The largest absolute Gasteiger partial charge is 0.307 e. The highest BCUT2D eigenvalue weighted by atomic mass is 32.2. The summed E-state index contributed by atoms with van der Waals surface area (Å²) in [6.07, 6.45) is 0.860. The van der Waals surface area contributed by atoms with Crippen LogP contribution < -0.4 is 9.21 Å². The fraction of sp³-hybridized carbons (Fsp3) is 0.240. The van der Waals surface area contributed by atoms with Gasteiger partial charge >= 0.3 is 0 Å². The molecule has 7 heteroatoms. The lowest BCUT2D eigenvalue weighted by atomic mass is 10.1. The van der Waals surface area contributed by atoms with Gasteiger partial charge in [-0.2, -0.15) is 0 Å². The molecule has 4 rings (SSSR count). The molecular weight excluding hydrogens is 440 g/mol. The molecular formula is C25H26N2O3S2. The average molecular weight is 467 g/mol. The third kappa shape index (κ3) is 4.40. The van der Waals surface area contributed by atoms with Gasteiger partial charge in [0.25, 0.3) is 15.9 Å². The Kier molecular flexibility index (Phi) is 6.31. The van der Waals surface area contributed by atoms with E-state index < -0.39 is 10.0 Å². The first-order chi connectivity index (χ1) is 15.3. The molecule has 1 aliphatic rings. The first-order valence-electron chi connectivity index (χ1n) is 10.5. The monoisotopic (exact) mass is 466 g/mol. The summed E-state index contributed by atoms with van der Waals surface area (Å²) < 4.78 is 27.8. The van der Waals surface area contributed by atoms with E-state index in [1.807, 2.05) is 43.3 Å². The predicted molar refractivity (Wildman–Crippen MR) is 131 cm³/mol. The van der Waals surface area contributed by atoms with E-state index in [9.17, 15) is 13.2 Å². The van der Waals surface area contributed by atoms with Crippen molar-refractivity contribution in [1.82, 2.24) is 0 Å². The first-order valence-corrected chi connectivity index (χ1v) is 12.8. The maximum atomic E-state index is 13.5. The quantitative estimate of drug-likeness (QED) is 0.520. The van der Waals surface area contributed by atoms with Crippen LogP contribution >= 0.6 is 11.8 Å². The van der Waals surface area contributed by atoms with Crippen LogP contribution in [0, 0.1) is 6.92 Å². The van der Waals surface area contributed by atoms with Crippen LogP contribution in [0.25, 0.3) is 0 Å². The van der Waals surface area contributed by atoms with Crippen molar-refractivity contribution >= 4 is 39.1 Å². The Labute approximate surface area is 194 Å². The van der Waals surface area contributed by atoms with Crippen LogP contribution in [0.15, 0.2) is 82.6 Å². The standard InChI is InChI=1S/C25H26N2O3S2/c1-18-11-13-21(14-12-18)26(3)32(29,30)22-8-6-7-20(17-22)25(28)27-16-15-19(2)31-24-10-5-4-9-23(24)27/h4-14,17,19H,15-16H2,1-3H3. The molecule has 1 unspecified atom stereocenters. The molecule has 0 aliphatic carbocycles. The number of thioether (sulfide) groups is 1. The smallest absolute Gasteiger partial charge is 0.264 e. The first kappa shape index (κ1) is 22.4. The third-order valence-corrected chi connectivity index (χ3v) is 8.64. The summed E-state index contributed by atoms with van der Waals surface area (Å²) in [6.45, 7) is 4.70. The van der Waals surface area contributed by atoms with Crippen LogP contribution in [-0.4, -0.2) is 33.2 Å². The number of hydrogen-bond acceptors (Lipinski definition) is 4. The summed E-state index contributed by atoms with van der Waals surface area (Å²) in [6, 6.07) is 21.5. The fourth-order valence-electron chi connectivity index (χ4n) is 3.69. The second-order valence-electron chi connectivity index (χ2n) is 7.98. The van der Waals surface area contributed by atoms with Gasteiger partial charge in [0.1, 0.15) is 0 Å². The van der Waals surface area contributed by atoms with Gasteiger partial charge in [-0.05, 0) is 55.8 Å². The van der Waals surface area contributed by atoms with Crippen LogP contribution in [0.2, 0.25) is 0 Å². The molecule has 1 amide bonds. The van der Waals surface area contributed by atoms with E-state index in [0.717, 1.165) is 22.6 Å². The zero-order valence-corrected chi connectivity index (χ0v) is 20.0. The molecule has 0 aromatic heterocycles. The SMILES string of the molecule is Cc1ccc(N(C)S(=O)(=O)c2cccc(C(=O)N3CCC(C)Sc4ccccc43)c2)cc1. The maximum Gasteiger partial charge on any atom is 0.264 e. The van der Waals surface area contributed by atoms with Crippen molar-refractivity contribution in [3.05, 3.63) is 83.9 Å². The fourth-order valence-corrected chi connectivity index (χ4v) is 6.05. The number of carbonyl (C=O) groups is 1. The Morgan fingerprint density at radius 1 is 1.03 bits per heavy atom. The molecule has 0 N–H and O–H groups in total. The average Bonchev–Trinajstić information content (AvgIpc) is 2.97. The lowest BCUT2D eigenvalue weighted by Gasteiger charge is -2.23. The third-order valence-electron chi connectivity index (χ3n) is 5.63. The molecule has 5 nitrogen and oxygen atoms in total. The minimum absolute atomic E-state index is 0.0947. The number of sulfonamides is 1. The molecule has 1 aliphatic heterocycles. The van der Waals surface area contributed by atoms with Crippen molar-refractivity contribution in [2.75, 3.05) is 22.8 Å². The molecule has 3 aromatic carbocycles. The van der Waals surface area contributed by atoms with Crippen molar-refractivity contribution in [2.24, 2.45) is 0 Å². The second-order valence-corrected chi connectivity index (χ2v) is 11.4. The summed E-state index contributed by atoms with van der Waals surface area (Å²) in [7, 11) is -2.28. The number of rotatable bonds is 4. The molecule has 0 fully saturated rings. The van der Waals surface area contributed by atoms with Gasteiger partial charge in [0, 0.05) is 29.3 Å². The Hall–Kier alpha value is -2.77. The van der Waals surface area contributed by atoms with Crippen molar-refractivity contribution in [3.63, 3.8) is 0 Å². The maximum absolute atomic E-state index is 13.5. The van der Waals surface area contributed by atoms with Crippen LogP contribution in [0.4, 0.5) is 11.4 Å². The van der Waals surface area contributed by atoms with Gasteiger partial charge < -0.3 is 4.90 Å². The Balaban J connectivity index is 1.67. The zero-order chi connectivity index (χ0) is 22.9. The van der Waals surface area contributed by atoms with E-state index in [1.165, 1.54) is 23.5 Å². The van der Waals surface area contributed by atoms with Gasteiger partial charge in [0.15, 0.2) is 0 Å². The molecule has 0 saturated heterocycles. The number of benzene rings is 3. The Morgan fingerprint density at radius 3 is 2.50 bits per heavy atom. The number of amides is 1. The van der Waals surface area contributed by atoms with E-state index in [2.05, 4.69) is 6.92 Å². The highest BCUT2D eigenvalue weighted by Gasteiger charge is 2.27. The molecule has 0 bridgehead atoms. The normalized spacial score (nSPS) is 16.2. The summed E-state index contributed by atoms with van der Waals surface area (Å²) in [5, 5.41) is 0.392. The summed E-state index contributed by atoms with van der Waals surface area (Å²) in [5.74, 6) is -0.192. The van der Waals surface area contributed by atoms with Crippen LogP contribution in [0.5, 0.6) is 0 Å². The van der Waals surface area contributed by atoms with Crippen molar-refractivity contribution < 1.29 is 13.2 Å². The zero-order valence-electron chi connectivity index (χ0n) is 18.4. The number of anilines is 2. The highest BCUT2D eigenvalue weighted by molar-refractivity contribution is 8.00. The van der Waals surface area contributed by atoms with E-state index in [0.29, 0.717) is 23.0 Å². The molecule has 1 atom stereocenters. The van der Waals surface area contributed by atoms with E-state index >= 15 is 0 Å². The topological polar surface area (TPSA) is 57.7 Å². The van der Waals surface area contributed by atoms with Gasteiger partial charge in [-0.15, -0.1) is 11.8 Å². The Bertz CT molecular complexity index is 1240. The molecule has 0 saturated carbocycles. The molecule has 1 heterocycles. The summed E-state index contributed by atoms with van der Waals surface area (Å²) in [4.78, 5) is 16.4. The van der Waals surface area contributed by atoms with Gasteiger partial charge in [-0.1, -0.05) is 42.8 Å². The highest BCUT2D eigenvalue weighted by Crippen LogP contribution is 2.38. The molecule has 0 radical (unpaired) electrons. The number of carbonyl (C=O) groups excluding carboxylic acids is 1. The van der Waals surface area contributed by atoms with Crippen molar-refractivity contribution in [2.45, 2.75) is 35.3 Å².